The van der Waals surface area contributed by atoms with E-state index < -0.39 is 0 Å². The van der Waals surface area contributed by atoms with Crippen molar-refractivity contribution < 1.29 is 4.79 Å². The molecular formula is C13H16ClN3O. The number of rotatable bonds is 5. The number of hydrogen-bond donors (Lipinski definition) is 2. The molecule has 0 bridgehead atoms. The zero-order valence-corrected chi connectivity index (χ0v) is 11.2. The molecule has 0 aliphatic rings. The fourth-order valence-electron chi connectivity index (χ4n) is 1.30. The van der Waals surface area contributed by atoms with Gasteiger partial charge in [0, 0.05) is 6.04 Å². The highest BCUT2D eigenvalue weighted by Crippen LogP contribution is 2.22. The van der Waals surface area contributed by atoms with Crippen LogP contribution in [0.1, 0.15) is 25.8 Å². The van der Waals surface area contributed by atoms with E-state index in [0.29, 0.717) is 16.3 Å². The van der Waals surface area contributed by atoms with Gasteiger partial charge in [-0.15, -0.1) is 0 Å². The molecule has 0 aromatic heterocycles. The normalized spacial score (nSPS) is 11.7. The van der Waals surface area contributed by atoms with Crippen molar-refractivity contribution in [2.24, 2.45) is 0 Å². The lowest BCUT2D eigenvalue weighted by atomic mass is 10.2. The number of benzene rings is 1. The molecule has 2 N–H and O–H groups in total. The first-order valence-corrected chi connectivity index (χ1v) is 6.17. The first kappa shape index (κ1) is 14.5. The molecule has 4 nitrogen and oxygen atoms in total. The molecule has 96 valence electrons. The Morgan fingerprint density at radius 1 is 1.56 bits per heavy atom. The largest absolute Gasteiger partial charge is 0.324 e. The maximum Gasteiger partial charge on any atom is 0.238 e. The SMILES string of the molecule is CCC(C)NCC(=O)Nc1cc(C#N)ccc1Cl. The molecule has 0 radical (unpaired) electrons. The molecule has 5 heteroatoms. The number of anilines is 1. The van der Waals surface area contributed by atoms with Crippen molar-refractivity contribution >= 4 is 23.2 Å². The summed E-state index contributed by atoms with van der Waals surface area (Å²) >= 11 is 5.94. The van der Waals surface area contributed by atoms with Crippen molar-refractivity contribution in [1.82, 2.24) is 5.32 Å². The summed E-state index contributed by atoms with van der Waals surface area (Å²) in [6.07, 6.45) is 0.956. The molecule has 1 aromatic carbocycles. The molecule has 1 amide bonds. The topological polar surface area (TPSA) is 64.9 Å². The van der Waals surface area contributed by atoms with Gasteiger partial charge < -0.3 is 10.6 Å². The summed E-state index contributed by atoms with van der Waals surface area (Å²) in [5, 5.41) is 15.0. The summed E-state index contributed by atoms with van der Waals surface area (Å²) in [7, 11) is 0. The minimum Gasteiger partial charge on any atom is -0.324 e. The average molecular weight is 266 g/mol. The van der Waals surface area contributed by atoms with Gasteiger partial charge in [-0.2, -0.15) is 5.26 Å². The highest BCUT2D eigenvalue weighted by atomic mass is 35.5. The van der Waals surface area contributed by atoms with Crippen molar-refractivity contribution in [3.8, 4) is 6.07 Å². The van der Waals surface area contributed by atoms with Gasteiger partial charge in [0.1, 0.15) is 0 Å². The van der Waals surface area contributed by atoms with Crippen LogP contribution >= 0.6 is 11.6 Å². The van der Waals surface area contributed by atoms with Gasteiger partial charge in [0.05, 0.1) is 28.9 Å². The molecule has 0 aliphatic carbocycles. The molecule has 1 aromatic rings. The van der Waals surface area contributed by atoms with E-state index in [1.165, 1.54) is 0 Å². The van der Waals surface area contributed by atoms with Crippen LogP contribution in [0.15, 0.2) is 18.2 Å². The summed E-state index contributed by atoms with van der Waals surface area (Å²) in [6, 6.07) is 7.05. The molecule has 0 fully saturated rings. The standard InChI is InChI=1S/C13H16ClN3O/c1-3-9(2)16-8-13(18)17-12-6-10(7-15)4-5-11(12)14/h4-6,9,16H,3,8H2,1-2H3,(H,17,18). The molecule has 0 saturated heterocycles. The summed E-state index contributed by atoms with van der Waals surface area (Å²) < 4.78 is 0. The van der Waals surface area contributed by atoms with E-state index in [1.54, 1.807) is 18.2 Å². The van der Waals surface area contributed by atoms with E-state index >= 15 is 0 Å². The number of nitrogens with one attached hydrogen (secondary N) is 2. The Hall–Kier alpha value is -1.57. The highest BCUT2D eigenvalue weighted by molar-refractivity contribution is 6.33. The molecule has 0 aliphatic heterocycles. The number of carbonyl (C=O) groups excluding carboxylic acids is 1. The quantitative estimate of drug-likeness (QED) is 0.860. The minimum atomic E-state index is -0.174. The number of amides is 1. The lowest BCUT2D eigenvalue weighted by Gasteiger charge is -2.12. The molecule has 1 atom stereocenters. The summed E-state index contributed by atoms with van der Waals surface area (Å²) in [5.41, 5.74) is 0.927. The first-order chi connectivity index (χ1) is 8.56. The van der Waals surface area contributed by atoms with Gasteiger partial charge in [-0.05, 0) is 31.5 Å². The van der Waals surface area contributed by atoms with Crippen molar-refractivity contribution in [3.63, 3.8) is 0 Å². The van der Waals surface area contributed by atoms with Crippen LogP contribution in [0.25, 0.3) is 0 Å². The Morgan fingerprint density at radius 2 is 2.28 bits per heavy atom. The third-order valence-corrected chi connectivity index (χ3v) is 2.92. The van der Waals surface area contributed by atoms with E-state index in [2.05, 4.69) is 10.6 Å². The second kappa shape index (κ2) is 7.00. The van der Waals surface area contributed by atoms with Crippen LogP contribution in [0.2, 0.25) is 5.02 Å². The smallest absolute Gasteiger partial charge is 0.238 e. The molecule has 1 rings (SSSR count). The Kier molecular flexibility index (Phi) is 5.63. The van der Waals surface area contributed by atoms with Gasteiger partial charge in [-0.25, -0.2) is 0 Å². The fourth-order valence-corrected chi connectivity index (χ4v) is 1.46. The second-order valence-electron chi connectivity index (χ2n) is 4.04. The average Bonchev–Trinajstić information content (AvgIpc) is 2.38. The van der Waals surface area contributed by atoms with E-state index in [0.717, 1.165) is 6.42 Å². The van der Waals surface area contributed by atoms with Crippen LogP contribution in [-0.2, 0) is 4.79 Å². The molecule has 0 saturated carbocycles. The van der Waals surface area contributed by atoms with E-state index in [-0.39, 0.29) is 18.5 Å². The van der Waals surface area contributed by atoms with Gasteiger partial charge in [0.15, 0.2) is 0 Å². The van der Waals surface area contributed by atoms with Crippen LogP contribution in [0.4, 0.5) is 5.69 Å². The molecule has 1 unspecified atom stereocenters. The fraction of sp³-hybridized carbons (Fsp3) is 0.385. The number of halogens is 1. The molecule has 0 heterocycles. The van der Waals surface area contributed by atoms with Crippen LogP contribution in [0, 0.1) is 11.3 Å². The summed E-state index contributed by atoms with van der Waals surface area (Å²) in [4.78, 5) is 11.7. The lowest BCUT2D eigenvalue weighted by Crippen LogP contribution is -2.34. The number of nitrogens with zero attached hydrogens (tertiary/aromatic N) is 1. The maximum absolute atomic E-state index is 11.7. The minimum absolute atomic E-state index is 0.174. The molecule has 0 spiro atoms. The van der Waals surface area contributed by atoms with Crippen molar-refractivity contribution in [1.29, 1.82) is 5.26 Å². The van der Waals surface area contributed by atoms with Crippen molar-refractivity contribution in [2.75, 3.05) is 11.9 Å². The van der Waals surface area contributed by atoms with E-state index in [1.807, 2.05) is 19.9 Å². The number of hydrogen-bond acceptors (Lipinski definition) is 3. The summed E-state index contributed by atoms with van der Waals surface area (Å²) in [5.74, 6) is -0.174. The Balaban J connectivity index is 2.62. The van der Waals surface area contributed by atoms with Gasteiger partial charge in [0.25, 0.3) is 0 Å². The zero-order valence-electron chi connectivity index (χ0n) is 10.5. The molecular weight excluding hydrogens is 250 g/mol. The zero-order chi connectivity index (χ0) is 13.5. The monoisotopic (exact) mass is 265 g/mol. The predicted octanol–water partition coefficient (Wildman–Crippen LogP) is 2.54. The van der Waals surface area contributed by atoms with Gasteiger partial charge in [-0.1, -0.05) is 18.5 Å². The number of carbonyl (C=O) groups is 1. The molecule has 18 heavy (non-hydrogen) atoms. The van der Waals surface area contributed by atoms with Crippen molar-refractivity contribution in [2.45, 2.75) is 26.3 Å². The third-order valence-electron chi connectivity index (χ3n) is 2.59. The van der Waals surface area contributed by atoms with Crippen LogP contribution < -0.4 is 10.6 Å². The van der Waals surface area contributed by atoms with Gasteiger partial charge >= 0.3 is 0 Å². The third kappa shape index (κ3) is 4.36. The van der Waals surface area contributed by atoms with Crippen molar-refractivity contribution in [3.05, 3.63) is 28.8 Å². The summed E-state index contributed by atoms with van der Waals surface area (Å²) in [6.45, 7) is 4.28. The highest BCUT2D eigenvalue weighted by Gasteiger charge is 2.07. The lowest BCUT2D eigenvalue weighted by molar-refractivity contribution is -0.115. The van der Waals surface area contributed by atoms with Crippen LogP contribution in [0.3, 0.4) is 0 Å². The first-order valence-electron chi connectivity index (χ1n) is 5.79. The maximum atomic E-state index is 11.7. The van der Waals surface area contributed by atoms with Gasteiger partial charge in [-0.3, -0.25) is 4.79 Å². The van der Waals surface area contributed by atoms with E-state index in [9.17, 15) is 4.79 Å². The Labute approximate surface area is 112 Å². The predicted molar refractivity (Wildman–Crippen MR) is 72.6 cm³/mol. The van der Waals surface area contributed by atoms with Crippen LogP contribution in [-0.4, -0.2) is 18.5 Å². The van der Waals surface area contributed by atoms with E-state index in [4.69, 9.17) is 16.9 Å². The second-order valence-corrected chi connectivity index (χ2v) is 4.45. The Bertz CT molecular complexity index is 468. The van der Waals surface area contributed by atoms with Gasteiger partial charge in [0.2, 0.25) is 5.91 Å². The van der Waals surface area contributed by atoms with Crippen LogP contribution in [0.5, 0.6) is 0 Å². The Morgan fingerprint density at radius 3 is 2.89 bits per heavy atom. The number of nitriles is 1.